The van der Waals surface area contributed by atoms with Crippen LogP contribution < -0.4 is 0 Å². The summed E-state index contributed by atoms with van der Waals surface area (Å²) in [5.74, 6) is -0.399. The van der Waals surface area contributed by atoms with Crippen molar-refractivity contribution >= 4 is 11.7 Å². The van der Waals surface area contributed by atoms with Gasteiger partial charge in [0.25, 0.3) is 0 Å². The van der Waals surface area contributed by atoms with E-state index in [0.717, 1.165) is 0 Å². The lowest BCUT2D eigenvalue weighted by Gasteiger charge is -2.15. The molecule has 0 aromatic rings. The van der Waals surface area contributed by atoms with E-state index in [4.69, 9.17) is 14.9 Å². The van der Waals surface area contributed by atoms with Crippen LogP contribution >= 0.6 is 0 Å². The van der Waals surface area contributed by atoms with E-state index < -0.39 is 5.92 Å². The number of rotatable bonds is 3. The van der Waals surface area contributed by atoms with Crippen LogP contribution in [-0.4, -0.2) is 25.4 Å². The van der Waals surface area contributed by atoms with Crippen LogP contribution in [0.5, 0.6) is 0 Å². The van der Waals surface area contributed by atoms with E-state index in [0.29, 0.717) is 12.4 Å². The first-order valence-corrected chi connectivity index (χ1v) is 4.38. The van der Waals surface area contributed by atoms with Crippen LogP contribution in [0.1, 0.15) is 6.92 Å². The van der Waals surface area contributed by atoms with Gasteiger partial charge in [-0.05, 0) is 13.0 Å². The van der Waals surface area contributed by atoms with Crippen molar-refractivity contribution in [3.8, 4) is 0 Å². The third-order valence-corrected chi connectivity index (χ3v) is 1.86. The summed E-state index contributed by atoms with van der Waals surface area (Å²) in [6, 6.07) is 0. The zero-order chi connectivity index (χ0) is 10.6. The Kier molecular flexibility index (Phi) is 3.45. The topological polar surface area (TPSA) is 59.4 Å². The summed E-state index contributed by atoms with van der Waals surface area (Å²) in [4.78, 5) is 11.3. The number of nitrogens with one attached hydrogen (secondary N) is 1. The predicted octanol–water partition coefficient (Wildman–Crippen LogP) is 1.29. The molecule has 0 bridgehead atoms. The normalized spacial score (nSPS) is 20.3. The first kappa shape index (κ1) is 10.5. The molecule has 1 aliphatic carbocycles. The maximum atomic E-state index is 11.3. The third kappa shape index (κ3) is 2.22. The molecule has 1 aliphatic rings. The van der Waals surface area contributed by atoms with E-state index in [2.05, 4.69) is 0 Å². The first-order chi connectivity index (χ1) is 6.69. The highest BCUT2D eigenvalue weighted by Gasteiger charge is 2.23. The summed E-state index contributed by atoms with van der Waals surface area (Å²) in [5.41, 5.74) is 0.197. The summed E-state index contributed by atoms with van der Waals surface area (Å²) in [7, 11) is 1.52. The molecule has 0 saturated carbocycles. The van der Waals surface area contributed by atoms with Crippen LogP contribution in [-0.2, 0) is 14.3 Å². The number of hydrogen-bond acceptors (Lipinski definition) is 4. The van der Waals surface area contributed by atoms with E-state index >= 15 is 0 Å². The largest absolute Gasteiger partial charge is 0.497 e. The molecule has 0 aromatic carbocycles. The van der Waals surface area contributed by atoms with Gasteiger partial charge in [-0.15, -0.1) is 0 Å². The Morgan fingerprint density at radius 2 is 2.36 bits per heavy atom. The second-order valence-corrected chi connectivity index (χ2v) is 2.80. The molecule has 0 heterocycles. The van der Waals surface area contributed by atoms with E-state index in [1.54, 1.807) is 19.1 Å². The molecule has 76 valence electrons. The lowest BCUT2D eigenvalue weighted by molar-refractivity contribution is -0.144. The van der Waals surface area contributed by atoms with E-state index in [9.17, 15) is 4.79 Å². The van der Waals surface area contributed by atoms with Crippen LogP contribution in [0.3, 0.4) is 0 Å². The average Bonchev–Trinajstić information content (AvgIpc) is 2.17. The molecular weight excluding hydrogens is 182 g/mol. The molecule has 1 N–H and O–H groups in total. The summed E-state index contributed by atoms with van der Waals surface area (Å²) in [6.45, 7) is 2.07. The van der Waals surface area contributed by atoms with Gasteiger partial charge < -0.3 is 14.9 Å². The number of carbonyl (C=O) groups excluding carboxylic acids is 1. The zero-order valence-electron chi connectivity index (χ0n) is 8.24. The average molecular weight is 195 g/mol. The fraction of sp³-hybridized carbons (Fsp3) is 0.400. The number of hydrogen-bond donors (Lipinski definition) is 1. The number of esters is 1. The molecule has 0 radical (unpaired) electrons. The van der Waals surface area contributed by atoms with Crippen LogP contribution in [0.15, 0.2) is 24.0 Å². The quantitative estimate of drug-likeness (QED) is 0.690. The van der Waals surface area contributed by atoms with Crippen molar-refractivity contribution in [3.63, 3.8) is 0 Å². The summed E-state index contributed by atoms with van der Waals surface area (Å²) in [6.07, 6.45) is 4.79. The fourth-order valence-electron chi connectivity index (χ4n) is 1.15. The highest BCUT2D eigenvalue weighted by molar-refractivity contribution is 6.09. The highest BCUT2D eigenvalue weighted by Crippen LogP contribution is 2.15. The molecule has 0 aliphatic heterocycles. The van der Waals surface area contributed by atoms with Crippen LogP contribution in [0.2, 0.25) is 0 Å². The monoisotopic (exact) mass is 195 g/mol. The van der Waals surface area contributed by atoms with Gasteiger partial charge in [0.1, 0.15) is 11.7 Å². The molecule has 0 saturated heterocycles. The summed E-state index contributed by atoms with van der Waals surface area (Å²) >= 11 is 0. The molecule has 0 spiro atoms. The molecule has 1 rings (SSSR count). The SMILES string of the molecule is CCOC(=O)C1C=CC(OC)=CC1=N. The van der Waals surface area contributed by atoms with E-state index in [1.807, 2.05) is 0 Å². The third-order valence-electron chi connectivity index (χ3n) is 1.86. The minimum atomic E-state index is -0.589. The maximum absolute atomic E-state index is 11.3. The molecule has 4 heteroatoms. The number of ether oxygens (including phenoxy) is 2. The number of carbonyl (C=O) groups is 1. The van der Waals surface area contributed by atoms with Gasteiger partial charge in [0.2, 0.25) is 0 Å². The molecule has 0 fully saturated rings. The Balaban J connectivity index is 2.69. The van der Waals surface area contributed by atoms with Gasteiger partial charge in [-0.25, -0.2) is 0 Å². The number of methoxy groups -OCH3 is 1. The van der Waals surface area contributed by atoms with Crippen molar-refractivity contribution in [2.75, 3.05) is 13.7 Å². The molecule has 1 unspecified atom stereocenters. The second-order valence-electron chi connectivity index (χ2n) is 2.80. The van der Waals surface area contributed by atoms with Gasteiger partial charge in [0.15, 0.2) is 0 Å². The fourth-order valence-corrected chi connectivity index (χ4v) is 1.15. The van der Waals surface area contributed by atoms with Crippen molar-refractivity contribution in [3.05, 3.63) is 24.0 Å². The van der Waals surface area contributed by atoms with Gasteiger partial charge in [-0.2, -0.15) is 0 Å². The van der Waals surface area contributed by atoms with Gasteiger partial charge in [0.05, 0.1) is 19.4 Å². The van der Waals surface area contributed by atoms with Crippen LogP contribution in [0.4, 0.5) is 0 Å². The molecule has 0 aromatic heterocycles. The Morgan fingerprint density at radius 1 is 1.64 bits per heavy atom. The smallest absolute Gasteiger partial charge is 0.318 e. The van der Waals surface area contributed by atoms with Crippen molar-refractivity contribution in [1.82, 2.24) is 0 Å². The summed E-state index contributed by atoms with van der Waals surface area (Å²) < 4.78 is 9.75. The minimum absolute atomic E-state index is 0.197. The van der Waals surface area contributed by atoms with Crippen molar-refractivity contribution in [2.24, 2.45) is 5.92 Å². The first-order valence-electron chi connectivity index (χ1n) is 4.38. The minimum Gasteiger partial charge on any atom is -0.497 e. The second kappa shape index (κ2) is 4.60. The van der Waals surface area contributed by atoms with Crippen molar-refractivity contribution in [1.29, 1.82) is 5.41 Å². The van der Waals surface area contributed by atoms with Crippen LogP contribution in [0, 0.1) is 11.3 Å². The van der Waals surface area contributed by atoms with Crippen molar-refractivity contribution < 1.29 is 14.3 Å². The molecule has 4 nitrogen and oxygen atoms in total. The Morgan fingerprint density at radius 3 is 2.86 bits per heavy atom. The van der Waals surface area contributed by atoms with E-state index in [-0.39, 0.29) is 11.7 Å². The van der Waals surface area contributed by atoms with Gasteiger partial charge in [-0.3, -0.25) is 4.79 Å². The van der Waals surface area contributed by atoms with Gasteiger partial charge in [0, 0.05) is 6.08 Å². The lowest BCUT2D eigenvalue weighted by atomic mass is 9.98. The maximum Gasteiger partial charge on any atom is 0.318 e. The zero-order valence-corrected chi connectivity index (χ0v) is 8.24. The summed E-state index contributed by atoms with van der Waals surface area (Å²) in [5, 5.41) is 7.58. The Labute approximate surface area is 82.7 Å². The Bertz CT molecular complexity index is 304. The highest BCUT2D eigenvalue weighted by atomic mass is 16.5. The van der Waals surface area contributed by atoms with Crippen LogP contribution in [0.25, 0.3) is 0 Å². The van der Waals surface area contributed by atoms with E-state index in [1.165, 1.54) is 13.2 Å². The molecule has 14 heavy (non-hydrogen) atoms. The van der Waals surface area contributed by atoms with Crippen molar-refractivity contribution in [2.45, 2.75) is 6.92 Å². The Hall–Kier alpha value is -1.58. The van der Waals surface area contributed by atoms with Gasteiger partial charge >= 0.3 is 5.97 Å². The molecule has 0 amide bonds. The lowest BCUT2D eigenvalue weighted by Crippen LogP contribution is -2.24. The standard InChI is InChI=1S/C10H13NO3/c1-3-14-10(12)8-5-4-7(13-2)6-9(8)11/h4-6,8,11H,3H2,1-2H3. The predicted molar refractivity (Wildman–Crippen MR) is 52.1 cm³/mol. The molecule has 1 atom stereocenters. The van der Waals surface area contributed by atoms with Gasteiger partial charge in [-0.1, -0.05) is 6.08 Å². The molecular formula is C10H13NO3. The number of allylic oxidation sites excluding steroid dienone is 2.